The van der Waals surface area contributed by atoms with E-state index < -0.39 is 11.7 Å². The Labute approximate surface area is 154 Å². The highest BCUT2D eigenvalue weighted by Gasteiger charge is 2.42. The number of likely N-dealkylation sites (tertiary alicyclic amines) is 1. The number of halogens is 2. The molecule has 2 atom stereocenters. The quantitative estimate of drug-likeness (QED) is 0.877. The fourth-order valence-electron chi connectivity index (χ4n) is 3.01. The van der Waals surface area contributed by atoms with E-state index in [0.29, 0.717) is 23.8 Å². The van der Waals surface area contributed by atoms with Crippen LogP contribution in [0.25, 0.3) is 0 Å². The predicted octanol–water partition coefficient (Wildman–Crippen LogP) is 2.05. The van der Waals surface area contributed by atoms with Crippen molar-refractivity contribution >= 4 is 23.4 Å². The summed E-state index contributed by atoms with van der Waals surface area (Å²) in [5.41, 5.74) is 0.677. The number of amides is 2. The molecular weight excluding hydrogens is 363 g/mol. The van der Waals surface area contributed by atoms with E-state index in [4.69, 9.17) is 16.1 Å². The summed E-state index contributed by atoms with van der Waals surface area (Å²) in [5, 5.41) is 6.57. The summed E-state index contributed by atoms with van der Waals surface area (Å²) in [6.45, 7) is 3.97. The molecule has 1 saturated heterocycles. The van der Waals surface area contributed by atoms with Crippen molar-refractivity contribution in [2.24, 2.45) is 5.92 Å². The largest absolute Gasteiger partial charge is 0.352 e. The number of carbonyl (C=O) groups is 2. The third-order valence-electron chi connectivity index (χ3n) is 4.41. The van der Waals surface area contributed by atoms with Crippen LogP contribution in [0.1, 0.15) is 30.1 Å². The molecule has 26 heavy (non-hydrogen) atoms. The van der Waals surface area contributed by atoms with Gasteiger partial charge in [0.05, 0.1) is 16.9 Å². The van der Waals surface area contributed by atoms with Gasteiger partial charge in [0.1, 0.15) is 5.82 Å². The number of nitrogens with one attached hydrogen (secondary N) is 1. The highest BCUT2D eigenvalue weighted by molar-refractivity contribution is 6.30. The van der Waals surface area contributed by atoms with Gasteiger partial charge in [-0.2, -0.15) is 4.98 Å². The fraction of sp³-hybridized carbons (Fsp3) is 0.412. The molecule has 0 radical (unpaired) electrons. The second-order valence-electron chi connectivity index (χ2n) is 6.28. The molecule has 2 heterocycles. The van der Waals surface area contributed by atoms with E-state index in [1.165, 1.54) is 19.1 Å². The third-order valence-corrected chi connectivity index (χ3v) is 4.70. The van der Waals surface area contributed by atoms with Crippen molar-refractivity contribution in [1.82, 2.24) is 20.4 Å². The summed E-state index contributed by atoms with van der Waals surface area (Å²) in [5.74, 6) is -0.924. The Bertz CT molecular complexity index is 841. The van der Waals surface area contributed by atoms with Crippen LogP contribution < -0.4 is 5.32 Å². The zero-order valence-corrected chi connectivity index (χ0v) is 15.1. The smallest absolute Gasteiger partial charge is 0.232 e. The standard InChI is InChI=1S/C17H18ClFN4O3/c1-9-21-17(26-22-9)13-8-23(10(2)24)7-12(13)16(25)20-6-11-3-4-15(19)14(18)5-11/h3-5,12-13H,6-8H2,1-2H3,(H,20,25). The van der Waals surface area contributed by atoms with Crippen molar-refractivity contribution in [3.05, 3.63) is 46.3 Å². The summed E-state index contributed by atoms with van der Waals surface area (Å²) in [4.78, 5) is 30.2. The molecule has 1 N–H and O–H groups in total. The lowest BCUT2D eigenvalue weighted by molar-refractivity contribution is -0.128. The maximum absolute atomic E-state index is 13.2. The number of hydrogen-bond donors (Lipinski definition) is 1. The topological polar surface area (TPSA) is 88.3 Å². The molecule has 1 fully saturated rings. The van der Waals surface area contributed by atoms with E-state index in [0.717, 1.165) is 0 Å². The summed E-state index contributed by atoms with van der Waals surface area (Å²) in [6.07, 6.45) is 0. The van der Waals surface area contributed by atoms with E-state index in [9.17, 15) is 14.0 Å². The lowest BCUT2D eigenvalue weighted by Gasteiger charge is -2.15. The first-order chi connectivity index (χ1) is 12.3. The van der Waals surface area contributed by atoms with Crippen molar-refractivity contribution < 1.29 is 18.5 Å². The fourth-order valence-corrected chi connectivity index (χ4v) is 3.21. The Morgan fingerprint density at radius 1 is 1.42 bits per heavy atom. The van der Waals surface area contributed by atoms with E-state index in [1.54, 1.807) is 17.9 Å². The minimum absolute atomic E-state index is 0.000387. The minimum Gasteiger partial charge on any atom is -0.352 e. The number of hydrogen-bond acceptors (Lipinski definition) is 5. The van der Waals surface area contributed by atoms with Gasteiger partial charge in [-0.3, -0.25) is 9.59 Å². The SMILES string of the molecule is CC(=O)N1CC(C(=O)NCc2ccc(F)c(Cl)c2)C(c2nc(C)no2)C1. The number of nitrogens with zero attached hydrogens (tertiary/aromatic N) is 3. The normalized spacial score (nSPS) is 19.6. The Kier molecular flexibility index (Phi) is 5.22. The van der Waals surface area contributed by atoms with E-state index in [1.807, 2.05) is 0 Å². The van der Waals surface area contributed by atoms with Gasteiger partial charge in [-0.05, 0) is 24.6 Å². The van der Waals surface area contributed by atoms with Crippen molar-refractivity contribution in [2.75, 3.05) is 13.1 Å². The minimum atomic E-state index is -0.513. The van der Waals surface area contributed by atoms with Crippen LogP contribution in [0.5, 0.6) is 0 Å². The van der Waals surface area contributed by atoms with Gasteiger partial charge in [0.2, 0.25) is 17.7 Å². The molecule has 9 heteroatoms. The molecule has 0 aliphatic carbocycles. The first-order valence-corrected chi connectivity index (χ1v) is 8.50. The average molecular weight is 381 g/mol. The molecule has 2 unspecified atom stereocenters. The number of carbonyl (C=O) groups excluding carboxylic acids is 2. The Morgan fingerprint density at radius 2 is 2.19 bits per heavy atom. The molecule has 7 nitrogen and oxygen atoms in total. The number of aryl methyl sites for hydroxylation is 1. The average Bonchev–Trinajstić information content (AvgIpc) is 3.22. The molecule has 3 rings (SSSR count). The van der Waals surface area contributed by atoms with Gasteiger partial charge in [-0.25, -0.2) is 4.39 Å². The lowest BCUT2D eigenvalue weighted by atomic mass is 9.95. The van der Waals surface area contributed by atoms with E-state index in [2.05, 4.69) is 15.5 Å². The Morgan fingerprint density at radius 3 is 2.81 bits per heavy atom. The van der Waals surface area contributed by atoms with Gasteiger partial charge in [0.15, 0.2) is 5.82 Å². The van der Waals surface area contributed by atoms with Gasteiger partial charge < -0.3 is 14.7 Å². The molecule has 1 aliphatic rings. The van der Waals surface area contributed by atoms with E-state index >= 15 is 0 Å². The highest BCUT2D eigenvalue weighted by atomic mass is 35.5. The molecule has 1 aromatic heterocycles. The van der Waals surface area contributed by atoms with Crippen LogP contribution >= 0.6 is 11.6 Å². The third kappa shape index (κ3) is 3.85. The predicted molar refractivity (Wildman–Crippen MR) is 90.8 cm³/mol. The van der Waals surface area contributed by atoms with Crippen molar-refractivity contribution in [3.8, 4) is 0 Å². The monoisotopic (exact) mass is 380 g/mol. The molecule has 2 aromatic rings. The zero-order valence-electron chi connectivity index (χ0n) is 14.3. The first kappa shape index (κ1) is 18.3. The van der Waals surface area contributed by atoms with E-state index in [-0.39, 0.29) is 35.8 Å². The Hall–Kier alpha value is -2.48. The summed E-state index contributed by atoms with van der Waals surface area (Å²) >= 11 is 5.76. The molecule has 2 amide bonds. The molecule has 1 aromatic carbocycles. The summed E-state index contributed by atoms with van der Waals surface area (Å²) < 4.78 is 18.4. The zero-order chi connectivity index (χ0) is 18.8. The van der Waals surface area contributed by atoms with Gasteiger partial charge in [0.25, 0.3) is 0 Å². The Balaban J connectivity index is 1.72. The molecule has 0 saturated carbocycles. The lowest BCUT2D eigenvalue weighted by Crippen LogP contribution is -2.35. The maximum Gasteiger partial charge on any atom is 0.232 e. The molecular formula is C17H18ClFN4O3. The molecule has 0 spiro atoms. The second kappa shape index (κ2) is 7.41. The number of aromatic nitrogens is 2. The first-order valence-electron chi connectivity index (χ1n) is 8.12. The number of rotatable bonds is 4. The molecule has 138 valence electrons. The van der Waals surface area contributed by atoms with Crippen LogP contribution in [0.3, 0.4) is 0 Å². The molecule has 1 aliphatic heterocycles. The van der Waals surface area contributed by atoms with Crippen molar-refractivity contribution in [1.29, 1.82) is 0 Å². The van der Waals surface area contributed by atoms with Crippen LogP contribution in [0.15, 0.2) is 22.7 Å². The maximum atomic E-state index is 13.2. The van der Waals surface area contributed by atoms with Gasteiger partial charge >= 0.3 is 0 Å². The van der Waals surface area contributed by atoms with Gasteiger partial charge in [-0.1, -0.05) is 22.8 Å². The summed E-state index contributed by atoms with van der Waals surface area (Å²) in [7, 11) is 0. The second-order valence-corrected chi connectivity index (χ2v) is 6.69. The van der Waals surface area contributed by atoms with Gasteiger partial charge in [-0.15, -0.1) is 0 Å². The van der Waals surface area contributed by atoms with Crippen molar-refractivity contribution in [3.63, 3.8) is 0 Å². The van der Waals surface area contributed by atoms with Crippen LogP contribution in [-0.4, -0.2) is 39.9 Å². The van der Waals surface area contributed by atoms with Crippen LogP contribution in [0.4, 0.5) is 4.39 Å². The highest BCUT2D eigenvalue weighted by Crippen LogP contribution is 2.32. The van der Waals surface area contributed by atoms with Crippen LogP contribution in [-0.2, 0) is 16.1 Å². The van der Waals surface area contributed by atoms with Crippen LogP contribution in [0, 0.1) is 18.7 Å². The molecule has 0 bridgehead atoms. The number of benzene rings is 1. The van der Waals surface area contributed by atoms with Crippen molar-refractivity contribution in [2.45, 2.75) is 26.3 Å². The summed E-state index contributed by atoms with van der Waals surface area (Å²) in [6, 6.07) is 4.27. The van der Waals surface area contributed by atoms with Gasteiger partial charge in [0, 0.05) is 26.6 Å². The van der Waals surface area contributed by atoms with Crippen LogP contribution in [0.2, 0.25) is 5.02 Å².